The maximum absolute atomic E-state index is 12.6. The van der Waals surface area contributed by atoms with Gasteiger partial charge in [0, 0.05) is 24.0 Å². The summed E-state index contributed by atoms with van der Waals surface area (Å²) in [7, 11) is 2.15. The summed E-state index contributed by atoms with van der Waals surface area (Å²) in [6, 6.07) is 3.88. The van der Waals surface area contributed by atoms with E-state index < -0.39 is 0 Å². The van der Waals surface area contributed by atoms with Crippen molar-refractivity contribution in [1.29, 1.82) is 0 Å². The van der Waals surface area contributed by atoms with Gasteiger partial charge < -0.3 is 19.5 Å². The van der Waals surface area contributed by atoms with Crippen molar-refractivity contribution in [2.24, 2.45) is 0 Å². The van der Waals surface area contributed by atoms with E-state index in [0.29, 0.717) is 12.3 Å². The Morgan fingerprint density at radius 1 is 1.40 bits per heavy atom. The van der Waals surface area contributed by atoms with E-state index in [9.17, 15) is 4.79 Å². The summed E-state index contributed by atoms with van der Waals surface area (Å²) in [5.74, 6) is 0.610. The minimum Gasteiger partial charge on any atom is -0.369 e. The highest BCUT2D eigenvalue weighted by atomic mass is 32.1. The van der Waals surface area contributed by atoms with Crippen LogP contribution in [0.2, 0.25) is 0 Å². The molecule has 1 saturated heterocycles. The molecule has 0 aromatic carbocycles. The molecule has 0 radical (unpaired) electrons. The van der Waals surface area contributed by atoms with Crippen molar-refractivity contribution >= 4 is 17.2 Å². The van der Waals surface area contributed by atoms with Gasteiger partial charge in [0.1, 0.15) is 5.60 Å². The second-order valence-corrected chi connectivity index (χ2v) is 8.03. The van der Waals surface area contributed by atoms with Crippen LogP contribution in [0.5, 0.6) is 0 Å². The van der Waals surface area contributed by atoms with Crippen molar-refractivity contribution in [2.75, 3.05) is 26.7 Å². The molecule has 0 aliphatic carbocycles. The zero-order valence-corrected chi connectivity index (χ0v) is 15.4. The fourth-order valence-corrected chi connectivity index (χ4v) is 4.97. The first kappa shape index (κ1) is 16.8. The van der Waals surface area contributed by atoms with E-state index in [1.807, 2.05) is 19.1 Å². The number of piperidine rings is 1. The number of aromatic nitrogens is 1. The number of hydrogen-bond donors (Lipinski definition) is 1. The van der Waals surface area contributed by atoms with Crippen LogP contribution in [0.4, 0.5) is 0 Å². The van der Waals surface area contributed by atoms with Gasteiger partial charge in [0.25, 0.3) is 5.91 Å². The maximum atomic E-state index is 12.6. The first-order chi connectivity index (χ1) is 12.1. The van der Waals surface area contributed by atoms with Gasteiger partial charge in [0.15, 0.2) is 5.76 Å². The number of amides is 1. The van der Waals surface area contributed by atoms with Crippen molar-refractivity contribution < 1.29 is 14.1 Å². The minimum atomic E-state index is -0.189. The van der Waals surface area contributed by atoms with Crippen molar-refractivity contribution in [3.8, 4) is 0 Å². The quantitative estimate of drug-likeness (QED) is 0.910. The molecule has 4 heterocycles. The molecule has 0 unspecified atom stereocenters. The van der Waals surface area contributed by atoms with Crippen molar-refractivity contribution in [2.45, 2.75) is 38.3 Å². The average molecular weight is 361 g/mol. The van der Waals surface area contributed by atoms with Crippen LogP contribution in [0.25, 0.3) is 0 Å². The van der Waals surface area contributed by atoms with Crippen LogP contribution in [0, 0.1) is 6.92 Å². The number of fused-ring (bicyclic) bond motifs is 2. The molecule has 2 aromatic heterocycles. The molecular formula is C18H23N3O3S. The van der Waals surface area contributed by atoms with E-state index >= 15 is 0 Å². The molecule has 0 bridgehead atoms. The summed E-state index contributed by atoms with van der Waals surface area (Å²) in [5, 5.41) is 6.76. The highest BCUT2D eigenvalue weighted by Gasteiger charge is 2.42. The van der Waals surface area contributed by atoms with Gasteiger partial charge in [-0.15, -0.1) is 11.3 Å². The molecule has 7 heteroatoms. The Bertz CT molecular complexity index is 774. The molecule has 4 rings (SSSR count). The predicted octanol–water partition coefficient (Wildman–Crippen LogP) is 2.47. The maximum Gasteiger partial charge on any atom is 0.261 e. The summed E-state index contributed by atoms with van der Waals surface area (Å²) in [4.78, 5) is 16.9. The third-order valence-electron chi connectivity index (χ3n) is 5.09. The lowest BCUT2D eigenvalue weighted by Gasteiger charge is -2.42. The highest BCUT2D eigenvalue weighted by Crippen LogP contribution is 2.45. The SMILES string of the molecule is Cc1cc(CNC(=O)c2cc3c(s2)C2(CCN(C)CC2)OCC3)on1. The van der Waals surface area contributed by atoms with E-state index in [4.69, 9.17) is 9.26 Å². The Morgan fingerprint density at radius 2 is 2.20 bits per heavy atom. The zero-order valence-electron chi connectivity index (χ0n) is 14.6. The van der Waals surface area contributed by atoms with Crippen LogP contribution in [-0.4, -0.2) is 42.7 Å². The number of nitrogens with one attached hydrogen (secondary N) is 1. The number of carbonyl (C=O) groups excluding carboxylic acids is 1. The zero-order chi connectivity index (χ0) is 17.4. The predicted molar refractivity (Wildman–Crippen MR) is 94.8 cm³/mol. The molecule has 0 atom stereocenters. The molecule has 2 aromatic rings. The third kappa shape index (κ3) is 3.23. The number of carbonyl (C=O) groups is 1. The Kier molecular flexibility index (Phi) is 4.39. The normalized spacial score (nSPS) is 19.8. The van der Waals surface area contributed by atoms with Crippen LogP contribution in [-0.2, 0) is 23.3 Å². The molecule has 25 heavy (non-hydrogen) atoms. The molecule has 1 amide bonds. The first-order valence-corrected chi connectivity index (χ1v) is 9.53. The van der Waals surface area contributed by atoms with Crippen LogP contribution in [0.1, 0.15) is 44.4 Å². The number of ether oxygens (including phenoxy) is 1. The number of likely N-dealkylation sites (tertiary alicyclic amines) is 1. The molecule has 1 spiro atoms. The van der Waals surface area contributed by atoms with E-state index in [2.05, 4.69) is 22.4 Å². The number of aryl methyl sites for hydroxylation is 1. The van der Waals surface area contributed by atoms with E-state index in [1.165, 1.54) is 10.4 Å². The molecule has 6 nitrogen and oxygen atoms in total. The molecule has 134 valence electrons. The largest absolute Gasteiger partial charge is 0.369 e. The monoisotopic (exact) mass is 361 g/mol. The summed E-state index contributed by atoms with van der Waals surface area (Å²) >= 11 is 1.59. The van der Waals surface area contributed by atoms with Crippen LogP contribution in [0.3, 0.4) is 0 Å². The van der Waals surface area contributed by atoms with Gasteiger partial charge in [-0.2, -0.15) is 0 Å². The second-order valence-electron chi connectivity index (χ2n) is 6.98. The number of thiophene rings is 1. The fraction of sp³-hybridized carbons (Fsp3) is 0.556. The Morgan fingerprint density at radius 3 is 2.92 bits per heavy atom. The van der Waals surface area contributed by atoms with Crippen LogP contribution >= 0.6 is 11.3 Å². The molecule has 1 fully saturated rings. The Hall–Kier alpha value is -1.70. The molecule has 1 N–H and O–H groups in total. The van der Waals surface area contributed by atoms with Gasteiger partial charge in [-0.3, -0.25) is 4.79 Å². The summed E-state index contributed by atoms with van der Waals surface area (Å²) in [6.07, 6.45) is 2.88. The molecule has 2 aliphatic rings. The molecular weight excluding hydrogens is 338 g/mol. The van der Waals surface area contributed by atoms with E-state index in [0.717, 1.165) is 49.5 Å². The Labute approximate surface area is 151 Å². The van der Waals surface area contributed by atoms with Crippen molar-refractivity contribution in [1.82, 2.24) is 15.4 Å². The van der Waals surface area contributed by atoms with Crippen LogP contribution in [0.15, 0.2) is 16.7 Å². The van der Waals surface area contributed by atoms with Gasteiger partial charge in [0.05, 0.1) is 23.7 Å². The topological polar surface area (TPSA) is 67.6 Å². The molecule has 0 saturated carbocycles. The average Bonchev–Trinajstić information content (AvgIpc) is 3.22. The van der Waals surface area contributed by atoms with Gasteiger partial charge in [-0.25, -0.2) is 0 Å². The molecule has 2 aliphatic heterocycles. The number of hydrogen-bond acceptors (Lipinski definition) is 6. The standard InChI is InChI=1S/C18H23N3O3S/c1-12-9-14(24-20-12)11-19-17(22)15-10-13-3-8-23-18(16(13)25-15)4-6-21(2)7-5-18/h9-10H,3-8,11H2,1-2H3,(H,19,22). The first-order valence-electron chi connectivity index (χ1n) is 8.72. The summed E-state index contributed by atoms with van der Waals surface area (Å²) < 4.78 is 11.4. The Balaban J connectivity index is 1.50. The van der Waals surface area contributed by atoms with E-state index in [-0.39, 0.29) is 11.5 Å². The summed E-state index contributed by atoms with van der Waals surface area (Å²) in [6.45, 7) is 5.02. The lowest BCUT2D eigenvalue weighted by atomic mass is 9.85. The smallest absolute Gasteiger partial charge is 0.261 e. The van der Waals surface area contributed by atoms with Gasteiger partial charge in [-0.1, -0.05) is 5.16 Å². The van der Waals surface area contributed by atoms with Gasteiger partial charge in [0.2, 0.25) is 0 Å². The second kappa shape index (κ2) is 6.55. The minimum absolute atomic E-state index is 0.0588. The summed E-state index contributed by atoms with van der Waals surface area (Å²) in [5.41, 5.74) is 1.91. The van der Waals surface area contributed by atoms with Crippen molar-refractivity contribution in [3.63, 3.8) is 0 Å². The lowest BCUT2D eigenvalue weighted by molar-refractivity contribution is -0.0921. The number of nitrogens with zero attached hydrogens (tertiary/aromatic N) is 2. The number of rotatable bonds is 3. The fourth-order valence-electron chi connectivity index (χ4n) is 3.64. The van der Waals surface area contributed by atoms with Crippen LogP contribution < -0.4 is 5.32 Å². The van der Waals surface area contributed by atoms with Gasteiger partial charge >= 0.3 is 0 Å². The highest BCUT2D eigenvalue weighted by molar-refractivity contribution is 7.14. The van der Waals surface area contributed by atoms with Crippen molar-refractivity contribution in [3.05, 3.63) is 38.9 Å². The van der Waals surface area contributed by atoms with E-state index in [1.54, 1.807) is 11.3 Å². The van der Waals surface area contributed by atoms with Gasteiger partial charge in [-0.05, 0) is 44.9 Å². The lowest BCUT2D eigenvalue weighted by Crippen LogP contribution is -2.44. The third-order valence-corrected chi connectivity index (χ3v) is 6.45.